The molecule has 0 fully saturated rings. The van der Waals surface area contributed by atoms with Gasteiger partial charge < -0.3 is 9.32 Å². The second-order valence-corrected chi connectivity index (χ2v) is 15.2. The van der Waals surface area contributed by atoms with E-state index in [-0.39, 0.29) is 0 Å². The van der Waals surface area contributed by atoms with Gasteiger partial charge in [0.2, 0.25) is 0 Å². The van der Waals surface area contributed by atoms with Crippen molar-refractivity contribution < 1.29 is 4.42 Å². The van der Waals surface area contributed by atoms with Gasteiger partial charge in [-0.2, -0.15) is 0 Å². The van der Waals surface area contributed by atoms with Crippen molar-refractivity contribution in [1.29, 1.82) is 0 Å². The van der Waals surface area contributed by atoms with Crippen LogP contribution in [0.3, 0.4) is 0 Å². The maximum Gasteiger partial charge on any atom is 0.137 e. The summed E-state index contributed by atoms with van der Waals surface area (Å²) in [6, 6.07) is 72.3. The lowest BCUT2D eigenvalue weighted by Crippen LogP contribution is -2.11. The van der Waals surface area contributed by atoms with Crippen molar-refractivity contribution in [2.24, 2.45) is 0 Å². The fourth-order valence-electron chi connectivity index (χ4n) is 8.22. The number of nitrogens with zero attached hydrogens (tertiary/aromatic N) is 1. The fraction of sp³-hybridized carbons (Fsp3) is 0. The van der Waals surface area contributed by atoms with Gasteiger partial charge in [-0.05, 0) is 99.3 Å². The second kappa shape index (κ2) is 12.9. The molecular formula is C52H33NOS. The Morgan fingerprint density at radius 3 is 1.82 bits per heavy atom. The molecule has 258 valence electrons. The van der Waals surface area contributed by atoms with Crippen LogP contribution in [0, 0.1) is 0 Å². The zero-order valence-corrected chi connectivity index (χ0v) is 30.6. The molecule has 9 aromatic carbocycles. The van der Waals surface area contributed by atoms with E-state index in [1.165, 1.54) is 58.8 Å². The van der Waals surface area contributed by atoms with Gasteiger partial charge in [0.15, 0.2) is 0 Å². The van der Waals surface area contributed by atoms with E-state index in [1.807, 2.05) is 23.5 Å². The number of para-hydroxylation sites is 2. The van der Waals surface area contributed by atoms with Crippen LogP contribution in [-0.2, 0) is 0 Å². The molecule has 0 saturated carbocycles. The molecule has 3 heteroatoms. The van der Waals surface area contributed by atoms with E-state index in [0.29, 0.717) is 0 Å². The number of anilines is 3. The molecule has 0 aliphatic heterocycles. The summed E-state index contributed by atoms with van der Waals surface area (Å²) >= 11 is 1.85. The summed E-state index contributed by atoms with van der Waals surface area (Å²) in [5.41, 5.74) is 12.1. The lowest BCUT2D eigenvalue weighted by Gasteiger charge is -2.28. The number of hydrogen-bond donors (Lipinski definition) is 0. The number of fused-ring (bicyclic) bond motifs is 7. The molecular weight excluding hydrogens is 687 g/mol. The smallest absolute Gasteiger partial charge is 0.137 e. The van der Waals surface area contributed by atoms with Gasteiger partial charge in [0.25, 0.3) is 0 Å². The van der Waals surface area contributed by atoms with E-state index < -0.39 is 0 Å². The minimum absolute atomic E-state index is 0.869. The second-order valence-electron chi connectivity index (χ2n) is 14.1. The third-order valence-corrected chi connectivity index (χ3v) is 12.0. The monoisotopic (exact) mass is 719 g/mol. The summed E-state index contributed by atoms with van der Waals surface area (Å²) in [4.78, 5) is 2.37. The summed E-state index contributed by atoms with van der Waals surface area (Å²) in [6.07, 6.45) is 0. The van der Waals surface area contributed by atoms with Gasteiger partial charge >= 0.3 is 0 Å². The Kier molecular flexibility index (Phi) is 7.39. The van der Waals surface area contributed by atoms with Crippen molar-refractivity contribution in [2.45, 2.75) is 0 Å². The highest BCUT2D eigenvalue weighted by atomic mass is 32.1. The topological polar surface area (TPSA) is 16.4 Å². The molecule has 0 aliphatic rings. The molecule has 0 radical (unpaired) electrons. The van der Waals surface area contributed by atoms with E-state index >= 15 is 0 Å². The molecule has 0 unspecified atom stereocenters. The Balaban J connectivity index is 1.06. The molecule has 11 rings (SSSR count). The SMILES string of the molecule is c1ccc(-c2ccc3ccccc3c2)c(-c2ccc(N(c3ccc4c(c3)oc3ccccc34)c3ccccc3-c3ccc4sc5ccccc5c4c3)cc2)c1. The van der Waals surface area contributed by atoms with Crippen LogP contribution < -0.4 is 4.90 Å². The maximum atomic E-state index is 6.44. The van der Waals surface area contributed by atoms with Crippen molar-refractivity contribution in [2.75, 3.05) is 4.90 Å². The van der Waals surface area contributed by atoms with Gasteiger partial charge in [-0.1, -0.05) is 133 Å². The van der Waals surface area contributed by atoms with Crippen molar-refractivity contribution in [3.8, 4) is 33.4 Å². The highest BCUT2D eigenvalue weighted by Crippen LogP contribution is 2.45. The summed E-state index contributed by atoms with van der Waals surface area (Å²) in [5.74, 6) is 0. The van der Waals surface area contributed by atoms with E-state index in [0.717, 1.165) is 44.6 Å². The first-order valence-corrected chi connectivity index (χ1v) is 19.5. The first-order chi connectivity index (χ1) is 27.2. The Labute approximate surface area is 322 Å². The van der Waals surface area contributed by atoms with Gasteiger partial charge in [0.1, 0.15) is 11.2 Å². The van der Waals surface area contributed by atoms with Crippen LogP contribution in [0.4, 0.5) is 17.1 Å². The predicted molar refractivity (Wildman–Crippen MR) is 235 cm³/mol. The molecule has 11 aromatic rings. The van der Waals surface area contributed by atoms with Gasteiger partial charge in [0, 0.05) is 53.9 Å². The molecule has 55 heavy (non-hydrogen) atoms. The number of thiophene rings is 1. The van der Waals surface area contributed by atoms with Crippen molar-refractivity contribution in [3.05, 3.63) is 200 Å². The normalized spacial score (nSPS) is 11.6. The van der Waals surface area contributed by atoms with Crippen molar-refractivity contribution >= 4 is 81.3 Å². The minimum atomic E-state index is 0.869. The standard InChI is InChI=1S/C52H33NOS/c1-2-12-36-31-37(22-21-34(36)11-1)42-14-4-3-13-41(42)35-23-26-39(27-24-35)53(40-28-29-45-44-16-6-9-19-49(44)54-50(45)33-40)48-18-8-5-15-43(48)38-25-30-52-47(32-38)46-17-7-10-20-51(46)55-52/h1-33H. The zero-order valence-electron chi connectivity index (χ0n) is 29.8. The third kappa shape index (κ3) is 5.40. The van der Waals surface area contributed by atoms with Crippen LogP contribution in [0.25, 0.3) is 86.3 Å². The highest BCUT2D eigenvalue weighted by molar-refractivity contribution is 7.25. The van der Waals surface area contributed by atoms with Crippen molar-refractivity contribution in [3.63, 3.8) is 0 Å². The molecule has 0 spiro atoms. The van der Waals surface area contributed by atoms with Crippen LogP contribution in [0.1, 0.15) is 0 Å². The highest BCUT2D eigenvalue weighted by Gasteiger charge is 2.20. The molecule has 0 amide bonds. The van der Waals surface area contributed by atoms with E-state index in [9.17, 15) is 0 Å². The van der Waals surface area contributed by atoms with Gasteiger partial charge in [0.05, 0.1) is 5.69 Å². The van der Waals surface area contributed by atoms with Crippen molar-refractivity contribution in [1.82, 2.24) is 0 Å². The van der Waals surface area contributed by atoms with Crippen LogP contribution in [0.2, 0.25) is 0 Å². The molecule has 2 heterocycles. The van der Waals surface area contributed by atoms with Crippen LogP contribution in [0.5, 0.6) is 0 Å². The van der Waals surface area contributed by atoms with Gasteiger partial charge in [-0.3, -0.25) is 0 Å². The quantitative estimate of drug-likeness (QED) is 0.170. The van der Waals surface area contributed by atoms with Crippen LogP contribution in [0.15, 0.2) is 205 Å². The Morgan fingerprint density at radius 2 is 0.945 bits per heavy atom. The maximum absolute atomic E-state index is 6.44. The summed E-state index contributed by atoms with van der Waals surface area (Å²) in [7, 11) is 0. The largest absolute Gasteiger partial charge is 0.456 e. The molecule has 0 aliphatic carbocycles. The van der Waals surface area contributed by atoms with Gasteiger partial charge in [-0.25, -0.2) is 0 Å². The van der Waals surface area contributed by atoms with E-state index in [1.54, 1.807) is 0 Å². The third-order valence-electron chi connectivity index (χ3n) is 10.9. The number of hydrogen-bond acceptors (Lipinski definition) is 3. The summed E-state index contributed by atoms with van der Waals surface area (Å²) in [5, 5.41) is 7.32. The van der Waals surface area contributed by atoms with E-state index in [4.69, 9.17) is 4.42 Å². The molecule has 0 saturated heterocycles. The average Bonchev–Trinajstić information content (AvgIpc) is 3.82. The summed E-state index contributed by atoms with van der Waals surface area (Å²) in [6.45, 7) is 0. The fourth-order valence-corrected chi connectivity index (χ4v) is 9.31. The number of rotatable bonds is 6. The number of furan rings is 1. The number of benzene rings is 9. The lowest BCUT2D eigenvalue weighted by atomic mass is 9.93. The molecule has 0 atom stereocenters. The Hall–Kier alpha value is -6.94. The van der Waals surface area contributed by atoms with Crippen LogP contribution >= 0.6 is 11.3 Å². The minimum Gasteiger partial charge on any atom is -0.456 e. The zero-order chi connectivity index (χ0) is 36.3. The first kappa shape index (κ1) is 31.6. The molecule has 0 bridgehead atoms. The predicted octanol–water partition coefficient (Wildman–Crippen LogP) is 15.6. The molecule has 2 nitrogen and oxygen atoms in total. The average molecular weight is 720 g/mol. The molecule has 0 N–H and O–H groups in total. The first-order valence-electron chi connectivity index (χ1n) is 18.7. The Bertz CT molecular complexity index is 3220. The van der Waals surface area contributed by atoms with Crippen LogP contribution in [-0.4, -0.2) is 0 Å². The lowest BCUT2D eigenvalue weighted by molar-refractivity contribution is 0.669. The molecule has 2 aromatic heterocycles. The Morgan fingerprint density at radius 1 is 0.345 bits per heavy atom. The van der Waals surface area contributed by atoms with Gasteiger partial charge in [-0.15, -0.1) is 11.3 Å². The van der Waals surface area contributed by atoms with E-state index in [2.05, 4.69) is 193 Å². The summed E-state index contributed by atoms with van der Waals surface area (Å²) < 4.78 is 9.05.